The molecule has 0 spiro atoms. The fourth-order valence-electron chi connectivity index (χ4n) is 3.24. The van der Waals surface area contributed by atoms with Crippen molar-refractivity contribution in [2.24, 2.45) is 0 Å². The van der Waals surface area contributed by atoms with Crippen LogP contribution in [-0.2, 0) is 4.74 Å². The molecule has 2 N–H and O–H groups in total. The monoisotopic (exact) mass is 264 g/mol. The molecule has 4 heteroatoms. The van der Waals surface area contributed by atoms with Crippen LogP contribution in [0.15, 0.2) is 6.07 Å². The Bertz CT molecular complexity index is 535. The van der Waals surface area contributed by atoms with Gasteiger partial charge in [-0.15, -0.1) is 0 Å². The summed E-state index contributed by atoms with van der Waals surface area (Å²) >= 11 is 0. The third-order valence-electron chi connectivity index (χ3n) is 4.37. The molecule has 4 atom stereocenters. The minimum absolute atomic E-state index is 0.0553. The van der Waals surface area contributed by atoms with Crippen LogP contribution in [0, 0.1) is 6.92 Å². The van der Waals surface area contributed by atoms with Gasteiger partial charge in [0, 0.05) is 30.9 Å². The Balaban J connectivity index is 2.26. The lowest BCUT2D eigenvalue weighted by atomic mass is 9.80. The maximum atomic E-state index is 10.2. The van der Waals surface area contributed by atoms with Crippen LogP contribution in [0.1, 0.15) is 55.9 Å². The SMILES string of the molecule is Cc1c(O)cc2c3c1[C@H](C)[C@@H](C)O[C@H]3C[C@@](C)(O)O2. The molecule has 1 aromatic rings. The first-order valence-corrected chi connectivity index (χ1v) is 6.73. The van der Waals surface area contributed by atoms with Gasteiger partial charge in [-0.25, -0.2) is 0 Å². The van der Waals surface area contributed by atoms with E-state index in [0.717, 1.165) is 16.7 Å². The van der Waals surface area contributed by atoms with E-state index < -0.39 is 5.79 Å². The fraction of sp³-hybridized carbons (Fsp3) is 0.600. The molecule has 0 amide bonds. The molecule has 0 unspecified atom stereocenters. The Morgan fingerprint density at radius 1 is 1.32 bits per heavy atom. The second kappa shape index (κ2) is 3.87. The summed E-state index contributed by atoms with van der Waals surface area (Å²) in [7, 11) is 0. The molecule has 19 heavy (non-hydrogen) atoms. The van der Waals surface area contributed by atoms with Crippen molar-refractivity contribution in [2.75, 3.05) is 0 Å². The van der Waals surface area contributed by atoms with Crippen molar-refractivity contribution in [2.45, 2.75) is 58.0 Å². The topological polar surface area (TPSA) is 58.9 Å². The minimum atomic E-state index is -1.25. The molecule has 104 valence electrons. The van der Waals surface area contributed by atoms with Gasteiger partial charge in [-0.3, -0.25) is 0 Å². The number of phenols is 1. The second-order valence-electron chi connectivity index (χ2n) is 5.95. The summed E-state index contributed by atoms with van der Waals surface area (Å²) < 4.78 is 11.6. The summed E-state index contributed by atoms with van der Waals surface area (Å²) in [6, 6.07) is 1.58. The molecule has 0 radical (unpaired) electrons. The van der Waals surface area contributed by atoms with E-state index >= 15 is 0 Å². The van der Waals surface area contributed by atoms with Crippen LogP contribution in [-0.4, -0.2) is 22.1 Å². The lowest BCUT2D eigenvalue weighted by Crippen LogP contribution is -2.42. The highest BCUT2D eigenvalue weighted by atomic mass is 16.6. The average molecular weight is 264 g/mol. The van der Waals surface area contributed by atoms with Crippen LogP contribution in [0.25, 0.3) is 0 Å². The van der Waals surface area contributed by atoms with Gasteiger partial charge >= 0.3 is 0 Å². The van der Waals surface area contributed by atoms with Gasteiger partial charge in [-0.05, 0) is 25.0 Å². The first-order chi connectivity index (χ1) is 8.80. The van der Waals surface area contributed by atoms with Crippen molar-refractivity contribution >= 4 is 0 Å². The predicted molar refractivity (Wildman–Crippen MR) is 70.4 cm³/mol. The van der Waals surface area contributed by atoms with Crippen molar-refractivity contribution in [3.05, 3.63) is 22.8 Å². The Kier molecular flexibility index (Phi) is 2.60. The molecule has 0 bridgehead atoms. The van der Waals surface area contributed by atoms with E-state index in [1.807, 2.05) is 13.8 Å². The summed E-state index contributed by atoms with van der Waals surface area (Å²) in [6.07, 6.45) is 0.299. The number of benzene rings is 1. The number of aliphatic hydroxyl groups is 1. The van der Waals surface area contributed by atoms with Gasteiger partial charge in [0.2, 0.25) is 5.79 Å². The van der Waals surface area contributed by atoms with Gasteiger partial charge in [0.05, 0.1) is 12.2 Å². The van der Waals surface area contributed by atoms with Crippen LogP contribution in [0.2, 0.25) is 0 Å². The molecular formula is C15H20O4. The number of aromatic hydroxyl groups is 1. The maximum Gasteiger partial charge on any atom is 0.208 e. The summed E-state index contributed by atoms with van der Waals surface area (Å²) in [5.74, 6) is -0.301. The fourth-order valence-corrected chi connectivity index (χ4v) is 3.24. The van der Waals surface area contributed by atoms with Crippen LogP contribution in [0.5, 0.6) is 11.5 Å². The normalized spacial score (nSPS) is 36.6. The molecule has 0 aliphatic carbocycles. The first-order valence-electron chi connectivity index (χ1n) is 6.73. The van der Waals surface area contributed by atoms with Crippen LogP contribution < -0.4 is 4.74 Å². The lowest BCUT2D eigenvalue weighted by molar-refractivity contribution is -0.179. The number of phenolic OH excluding ortho intramolecular Hbond substituents is 1. The molecule has 2 aliphatic rings. The van der Waals surface area contributed by atoms with Gasteiger partial charge in [0.15, 0.2) is 0 Å². The number of ether oxygens (including phenoxy) is 2. The van der Waals surface area contributed by atoms with Crippen molar-refractivity contribution < 1.29 is 19.7 Å². The standard InChI is InChI=1S/C15H20O4/c1-7-9(3)18-12-6-15(4,17)19-11-5-10(16)8(2)13(7)14(11)12/h5,7,9,12,16-17H,6H2,1-4H3/t7-,9-,12+,15+/m1/s1. The van der Waals surface area contributed by atoms with Crippen molar-refractivity contribution in [3.8, 4) is 11.5 Å². The van der Waals surface area contributed by atoms with E-state index in [-0.39, 0.29) is 23.9 Å². The Labute approximate surface area is 113 Å². The maximum absolute atomic E-state index is 10.2. The predicted octanol–water partition coefficient (Wildman–Crippen LogP) is 2.75. The Morgan fingerprint density at radius 2 is 2.00 bits per heavy atom. The zero-order chi connectivity index (χ0) is 13.9. The average Bonchev–Trinajstić information content (AvgIpc) is 2.28. The number of hydrogen-bond acceptors (Lipinski definition) is 4. The van der Waals surface area contributed by atoms with Gasteiger partial charge < -0.3 is 19.7 Å². The molecule has 1 aromatic carbocycles. The molecule has 3 rings (SSSR count). The van der Waals surface area contributed by atoms with Crippen LogP contribution in [0.4, 0.5) is 0 Å². The van der Waals surface area contributed by atoms with E-state index in [1.54, 1.807) is 13.0 Å². The van der Waals surface area contributed by atoms with Gasteiger partial charge in [0.25, 0.3) is 0 Å². The zero-order valence-corrected chi connectivity index (χ0v) is 11.7. The summed E-state index contributed by atoms with van der Waals surface area (Å²) in [6.45, 7) is 7.67. The number of hydrogen-bond donors (Lipinski definition) is 2. The molecule has 0 saturated carbocycles. The second-order valence-corrected chi connectivity index (χ2v) is 5.95. The third kappa shape index (κ3) is 1.82. The molecule has 2 aliphatic heterocycles. The highest BCUT2D eigenvalue weighted by Crippen LogP contribution is 2.52. The number of rotatable bonds is 0. The van der Waals surface area contributed by atoms with Crippen molar-refractivity contribution in [3.63, 3.8) is 0 Å². The first kappa shape index (κ1) is 12.8. The lowest BCUT2D eigenvalue weighted by Gasteiger charge is -2.43. The molecule has 0 aromatic heterocycles. The van der Waals surface area contributed by atoms with E-state index in [4.69, 9.17) is 9.47 Å². The van der Waals surface area contributed by atoms with Gasteiger partial charge in [-0.1, -0.05) is 6.92 Å². The summed E-state index contributed by atoms with van der Waals surface area (Å²) in [5.41, 5.74) is 2.98. The van der Waals surface area contributed by atoms with Gasteiger partial charge in [0.1, 0.15) is 11.5 Å². The quantitative estimate of drug-likeness (QED) is 0.756. The molecule has 0 fully saturated rings. The Morgan fingerprint density at radius 3 is 2.68 bits per heavy atom. The molecule has 4 nitrogen and oxygen atoms in total. The van der Waals surface area contributed by atoms with Crippen molar-refractivity contribution in [1.82, 2.24) is 0 Å². The summed E-state index contributed by atoms with van der Waals surface area (Å²) in [5, 5.41) is 20.2. The van der Waals surface area contributed by atoms with E-state index in [2.05, 4.69) is 6.92 Å². The summed E-state index contributed by atoms with van der Waals surface area (Å²) in [4.78, 5) is 0. The largest absolute Gasteiger partial charge is 0.508 e. The molecule has 2 heterocycles. The molecular weight excluding hydrogens is 244 g/mol. The van der Waals surface area contributed by atoms with Crippen LogP contribution in [0.3, 0.4) is 0 Å². The van der Waals surface area contributed by atoms with E-state index in [1.165, 1.54) is 0 Å². The van der Waals surface area contributed by atoms with Crippen LogP contribution >= 0.6 is 0 Å². The molecule has 0 saturated heterocycles. The van der Waals surface area contributed by atoms with E-state index in [0.29, 0.717) is 12.2 Å². The third-order valence-corrected chi connectivity index (χ3v) is 4.37. The highest BCUT2D eigenvalue weighted by Gasteiger charge is 2.43. The van der Waals surface area contributed by atoms with Crippen molar-refractivity contribution in [1.29, 1.82) is 0 Å². The van der Waals surface area contributed by atoms with E-state index in [9.17, 15) is 10.2 Å². The van der Waals surface area contributed by atoms with Gasteiger partial charge in [-0.2, -0.15) is 0 Å². The minimum Gasteiger partial charge on any atom is -0.508 e. The highest BCUT2D eigenvalue weighted by molar-refractivity contribution is 5.56. The Hall–Kier alpha value is -1.26. The zero-order valence-electron chi connectivity index (χ0n) is 11.7. The smallest absolute Gasteiger partial charge is 0.208 e.